The van der Waals surface area contributed by atoms with Crippen LogP contribution in [-0.4, -0.2) is 0 Å². The lowest BCUT2D eigenvalue weighted by molar-refractivity contribution is 0.663. The summed E-state index contributed by atoms with van der Waals surface area (Å²) in [5.41, 5.74) is 16.4. The standard InChI is InChI=1S/C54H40O/c1-31(29-42-32(2)53(3,4)44-21-13-11-15-35(42)44)48-36-16-7-9-18-38(36)49(39-19-10-8-17-37(39)48)34-24-27-45-43(30-34)40-26-23-33-25-28-47-51(50(33)52(40)54(45,5)6)41-20-12-14-22-46(41)55-47/h7-30H,1-2H2,3-6H3/b42-29+. The lowest BCUT2D eigenvalue weighted by Gasteiger charge is -2.24. The molecule has 262 valence electrons. The van der Waals surface area contributed by atoms with E-state index in [1.54, 1.807) is 0 Å². The molecule has 0 saturated heterocycles. The third-order valence-corrected chi connectivity index (χ3v) is 13.0. The van der Waals surface area contributed by atoms with Crippen LogP contribution in [0.5, 0.6) is 0 Å². The highest BCUT2D eigenvalue weighted by molar-refractivity contribution is 6.23. The first-order valence-electron chi connectivity index (χ1n) is 19.3. The molecule has 55 heavy (non-hydrogen) atoms. The van der Waals surface area contributed by atoms with Gasteiger partial charge in [0.1, 0.15) is 11.2 Å². The van der Waals surface area contributed by atoms with Gasteiger partial charge in [0.25, 0.3) is 0 Å². The predicted octanol–water partition coefficient (Wildman–Crippen LogP) is 15.0. The van der Waals surface area contributed by atoms with Gasteiger partial charge >= 0.3 is 0 Å². The van der Waals surface area contributed by atoms with Crippen LogP contribution in [0.25, 0.3) is 87.7 Å². The first-order chi connectivity index (χ1) is 26.6. The van der Waals surface area contributed by atoms with Crippen molar-refractivity contribution in [3.63, 3.8) is 0 Å². The molecule has 0 bridgehead atoms. The van der Waals surface area contributed by atoms with E-state index in [4.69, 9.17) is 11.0 Å². The zero-order chi connectivity index (χ0) is 37.4. The second kappa shape index (κ2) is 11.1. The van der Waals surface area contributed by atoms with Crippen molar-refractivity contribution in [2.45, 2.75) is 38.5 Å². The SMILES string of the molecule is C=C(/C=C1\C(=C)C(C)(C)c2ccccc21)c1c2ccccc2c(-c2ccc3c(c2)-c2ccc4ccc5oc6ccccc6c5c4c2C3(C)C)c2ccccc12. The van der Waals surface area contributed by atoms with Crippen LogP contribution in [0.1, 0.15) is 55.5 Å². The van der Waals surface area contributed by atoms with Crippen molar-refractivity contribution >= 4 is 65.4 Å². The number of allylic oxidation sites excluding steroid dienone is 4. The van der Waals surface area contributed by atoms with E-state index >= 15 is 0 Å². The quantitative estimate of drug-likeness (QED) is 0.167. The van der Waals surface area contributed by atoms with E-state index in [2.05, 4.69) is 180 Å². The molecule has 1 heteroatoms. The van der Waals surface area contributed by atoms with Gasteiger partial charge in [-0.2, -0.15) is 0 Å². The average Bonchev–Trinajstić information content (AvgIpc) is 3.76. The summed E-state index contributed by atoms with van der Waals surface area (Å²) in [6.45, 7) is 18.7. The van der Waals surface area contributed by atoms with Gasteiger partial charge in [0.05, 0.1) is 0 Å². The molecule has 2 aliphatic carbocycles. The van der Waals surface area contributed by atoms with Gasteiger partial charge in [0, 0.05) is 21.6 Å². The monoisotopic (exact) mass is 704 g/mol. The third kappa shape index (κ3) is 4.24. The minimum absolute atomic E-state index is 0.137. The van der Waals surface area contributed by atoms with Gasteiger partial charge in [-0.05, 0) is 123 Å². The Morgan fingerprint density at radius 3 is 1.91 bits per heavy atom. The summed E-state index contributed by atoms with van der Waals surface area (Å²) < 4.78 is 6.40. The Morgan fingerprint density at radius 1 is 0.545 bits per heavy atom. The zero-order valence-electron chi connectivity index (χ0n) is 31.7. The molecule has 0 fully saturated rings. The minimum Gasteiger partial charge on any atom is -0.456 e. The van der Waals surface area contributed by atoms with Crippen LogP contribution in [0.3, 0.4) is 0 Å². The van der Waals surface area contributed by atoms with Crippen LogP contribution in [0.2, 0.25) is 0 Å². The number of benzene rings is 8. The molecule has 1 nitrogen and oxygen atoms in total. The maximum atomic E-state index is 6.40. The van der Waals surface area contributed by atoms with Gasteiger partial charge in [0.2, 0.25) is 0 Å². The Morgan fingerprint density at radius 2 is 1.16 bits per heavy atom. The molecule has 8 aromatic carbocycles. The molecule has 2 aliphatic rings. The van der Waals surface area contributed by atoms with E-state index in [0.717, 1.165) is 22.3 Å². The summed E-state index contributed by atoms with van der Waals surface area (Å²) in [6.07, 6.45) is 2.28. The van der Waals surface area contributed by atoms with Crippen LogP contribution in [0.15, 0.2) is 169 Å². The maximum Gasteiger partial charge on any atom is 0.136 e. The largest absolute Gasteiger partial charge is 0.456 e. The summed E-state index contributed by atoms with van der Waals surface area (Å²) in [5.74, 6) is 0. The van der Waals surface area contributed by atoms with E-state index in [9.17, 15) is 0 Å². The topological polar surface area (TPSA) is 13.1 Å². The third-order valence-electron chi connectivity index (χ3n) is 13.0. The fourth-order valence-corrected chi connectivity index (χ4v) is 10.2. The molecule has 0 atom stereocenters. The van der Waals surface area contributed by atoms with Gasteiger partial charge in [-0.1, -0.05) is 162 Å². The second-order valence-electron chi connectivity index (χ2n) is 16.6. The van der Waals surface area contributed by atoms with Crippen molar-refractivity contribution in [1.29, 1.82) is 0 Å². The van der Waals surface area contributed by atoms with Crippen molar-refractivity contribution in [3.8, 4) is 22.3 Å². The normalized spacial score (nSPS) is 16.1. The van der Waals surface area contributed by atoms with Crippen LogP contribution in [0.4, 0.5) is 0 Å². The smallest absolute Gasteiger partial charge is 0.136 e. The molecular formula is C54H40O. The molecule has 1 heterocycles. The number of hydrogen-bond acceptors (Lipinski definition) is 1. The zero-order valence-corrected chi connectivity index (χ0v) is 31.7. The van der Waals surface area contributed by atoms with Gasteiger partial charge < -0.3 is 4.42 Å². The van der Waals surface area contributed by atoms with Crippen LogP contribution < -0.4 is 0 Å². The molecule has 11 rings (SSSR count). The Labute approximate surface area is 321 Å². The molecule has 0 unspecified atom stereocenters. The summed E-state index contributed by atoms with van der Waals surface area (Å²) in [6, 6.07) is 51.1. The summed E-state index contributed by atoms with van der Waals surface area (Å²) in [4.78, 5) is 0. The number of fused-ring (bicyclic) bond motifs is 12. The Balaban J connectivity index is 1.14. The molecular weight excluding hydrogens is 665 g/mol. The molecule has 0 N–H and O–H groups in total. The average molecular weight is 705 g/mol. The molecule has 0 aliphatic heterocycles. The Hall–Kier alpha value is -6.44. The first kappa shape index (κ1) is 32.0. The highest BCUT2D eigenvalue weighted by Crippen LogP contribution is 2.55. The van der Waals surface area contributed by atoms with Crippen molar-refractivity contribution in [3.05, 3.63) is 192 Å². The number of furan rings is 1. The Kier molecular flexibility index (Phi) is 6.44. The van der Waals surface area contributed by atoms with Crippen molar-refractivity contribution in [2.24, 2.45) is 0 Å². The second-order valence-corrected chi connectivity index (χ2v) is 16.6. The Bertz CT molecular complexity index is 3170. The summed E-state index contributed by atoms with van der Waals surface area (Å²) in [5, 5.41) is 9.78. The minimum atomic E-state index is -0.202. The van der Waals surface area contributed by atoms with Crippen LogP contribution >= 0.6 is 0 Å². The van der Waals surface area contributed by atoms with Gasteiger partial charge in [-0.25, -0.2) is 0 Å². The predicted molar refractivity (Wildman–Crippen MR) is 235 cm³/mol. The van der Waals surface area contributed by atoms with E-state index in [-0.39, 0.29) is 10.8 Å². The molecule has 0 radical (unpaired) electrons. The number of para-hydroxylation sites is 1. The molecule has 0 saturated carbocycles. The van der Waals surface area contributed by atoms with Crippen molar-refractivity contribution < 1.29 is 4.42 Å². The molecule has 9 aromatic rings. The van der Waals surface area contributed by atoms with Crippen LogP contribution in [-0.2, 0) is 10.8 Å². The number of rotatable bonds is 3. The highest BCUT2D eigenvalue weighted by Gasteiger charge is 2.39. The summed E-state index contributed by atoms with van der Waals surface area (Å²) >= 11 is 0. The highest BCUT2D eigenvalue weighted by atomic mass is 16.3. The van der Waals surface area contributed by atoms with Crippen molar-refractivity contribution in [1.82, 2.24) is 0 Å². The van der Waals surface area contributed by atoms with Gasteiger partial charge in [-0.15, -0.1) is 0 Å². The fourth-order valence-electron chi connectivity index (χ4n) is 10.2. The number of hydrogen-bond donors (Lipinski definition) is 0. The van der Waals surface area contributed by atoms with Crippen LogP contribution in [0, 0.1) is 0 Å². The van der Waals surface area contributed by atoms with E-state index < -0.39 is 0 Å². The van der Waals surface area contributed by atoms with Gasteiger partial charge in [-0.3, -0.25) is 0 Å². The fraction of sp³-hybridized carbons (Fsp3) is 0.111. The summed E-state index contributed by atoms with van der Waals surface area (Å²) in [7, 11) is 0. The lowest BCUT2D eigenvalue weighted by atomic mass is 9.79. The van der Waals surface area contributed by atoms with E-state index in [0.29, 0.717) is 0 Å². The maximum absolute atomic E-state index is 6.40. The lowest BCUT2D eigenvalue weighted by Crippen LogP contribution is -2.15. The van der Waals surface area contributed by atoms with Crippen molar-refractivity contribution in [2.75, 3.05) is 0 Å². The van der Waals surface area contributed by atoms with E-state index in [1.807, 2.05) is 0 Å². The molecule has 1 aromatic heterocycles. The van der Waals surface area contributed by atoms with Gasteiger partial charge in [0.15, 0.2) is 0 Å². The molecule has 0 amide bonds. The van der Waals surface area contributed by atoms with E-state index in [1.165, 1.54) is 98.7 Å². The first-order valence-corrected chi connectivity index (χ1v) is 19.3. The molecule has 0 spiro atoms.